The minimum Gasteiger partial charge on any atom is -0.322 e. The van der Waals surface area contributed by atoms with Crippen molar-refractivity contribution in [3.63, 3.8) is 0 Å². The average molecular weight is 342 g/mol. The molecule has 0 bridgehead atoms. The molecule has 2 aromatic rings. The Morgan fingerprint density at radius 3 is 2.50 bits per heavy atom. The van der Waals surface area contributed by atoms with Crippen molar-refractivity contribution < 1.29 is 17.6 Å². The van der Waals surface area contributed by atoms with Crippen molar-refractivity contribution in [3.8, 4) is 0 Å². The number of benzene rings is 2. The Morgan fingerprint density at radius 1 is 1.18 bits per heavy atom. The van der Waals surface area contributed by atoms with Crippen LogP contribution in [0.3, 0.4) is 0 Å². The molecule has 0 aromatic heterocycles. The third-order valence-electron chi connectivity index (χ3n) is 3.04. The molecule has 22 heavy (non-hydrogen) atoms. The van der Waals surface area contributed by atoms with Crippen LogP contribution in [0.4, 0.5) is 10.1 Å². The first-order valence-electron chi connectivity index (χ1n) is 6.25. The second kappa shape index (κ2) is 6.06. The van der Waals surface area contributed by atoms with E-state index in [1.54, 1.807) is 6.92 Å². The van der Waals surface area contributed by atoms with Gasteiger partial charge in [0, 0.05) is 17.5 Å². The molecule has 2 aromatic carbocycles. The van der Waals surface area contributed by atoms with Crippen LogP contribution in [0.25, 0.3) is 0 Å². The normalized spacial score (nSPS) is 11.3. The number of halogens is 2. The summed E-state index contributed by atoms with van der Waals surface area (Å²) in [5.74, 6) is -1.02. The number of amides is 1. The van der Waals surface area contributed by atoms with Gasteiger partial charge in [0.15, 0.2) is 9.84 Å². The Bertz CT molecular complexity index is 850. The Balaban J connectivity index is 2.36. The summed E-state index contributed by atoms with van der Waals surface area (Å²) in [4.78, 5) is 12.1. The molecule has 0 radical (unpaired) electrons. The number of carbonyl (C=O) groups excluding carboxylic acids is 1. The number of nitrogens with one attached hydrogen (secondary N) is 1. The van der Waals surface area contributed by atoms with E-state index in [1.807, 2.05) is 0 Å². The highest BCUT2D eigenvalue weighted by atomic mass is 35.5. The SMILES string of the molecule is Cc1ccc(F)cc1NC(=O)c1ccc(Cl)c(S(C)(=O)=O)c1. The van der Waals surface area contributed by atoms with Gasteiger partial charge in [-0.1, -0.05) is 17.7 Å². The van der Waals surface area contributed by atoms with Crippen molar-refractivity contribution in [1.29, 1.82) is 0 Å². The zero-order valence-corrected chi connectivity index (χ0v) is 13.4. The third-order valence-corrected chi connectivity index (χ3v) is 4.62. The lowest BCUT2D eigenvalue weighted by atomic mass is 10.1. The topological polar surface area (TPSA) is 63.2 Å². The average Bonchev–Trinajstić information content (AvgIpc) is 2.42. The molecular weight excluding hydrogens is 329 g/mol. The molecular formula is C15H13ClFNO3S. The lowest BCUT2D eigenvalue weighted by Gasteiger charge is -2.10. The molecule has 0 spiro atoms. The van der Waals surface area contributed by atoms with E-state index in [2.05, 4.69) is 5.32 Å². The van der Waals surface area contributed by atoms with Gasteiger partial charge in [-0.2, -0.15) is 0 Å². The second-order valence-electron chi connectivity index (χ2n) is 4.83. The van der Waals surface area contributed by atoms with Gasteiger partial charge >= 0.3 is 0 Å². The van der Waals surface area contributed by atoms with Crippen molar-refractivity contribution in [1.82, 2.24) is 0 Å². The van der Waals surface area contributed by atoms with Gasteiger partial charge in [0.05, 0.1) is 9.92 Å². The molecule has 4 nitrogen and oxygen atoms in total. The van der Waals surface area contributed by atoms with Crippen molar-refractivity contribution in [2.75, 3.05) is 11.6 Å². The molecule has 0 fully saturated rings. The lowest BCUT2D eigenvalue weighted by Crippen LogP contribution is -2.14. The molecule has 0 saturated heterocycles. The number of anilines is 1. The summed E-state index contributed by atoms with van der Waals surface area (Å²) >= 11 is 5.83. The minimum absolute atomic E-state index is 0.0426. The molecule has 1 N–H and O–H groups in total. The Kier molecular flexibility index (Phi) is 4.53. The van der Waals surface area contributed by atoms with Crippen molar-refractivity contribution >= 4 is 33.0 Å². The largest absolute Gasteiger partial charge is 0.322 e. The number of carbonyl (C=O) groups is 1. The second-order valence-corrected chi connectivity index (χ2v) is 7.22. The van der Waals surface area contributed by atoms with Gasteiger partial charge in [-0.3, -0.25) is 4.79 Å². The fourth-order valence-corrected chi connectivity index (χ4v) is 3.15. The Morgan fingerprint density at radius 2 is 1.86 bits per heavy atom. The summed E-state index contributed by atoms with van der Waals surface area (Å²) in [5, 5.41) is 2.59. The van der Waals surface area contributed by atoms with E-state index in [-0.39, 0.29) is 15.5 Å². The van der Waals surface area contributed by atoms with Crippen LogP contribution in [0, 0.1) is 12.7 Å². The quantitative estimate of drug-likeness (QED) is 0.930. The molecule has 0 aliphatic carbocycles. The van der Waals surface area contributed by atoms with E-state index >= 15 is 0 Å². The monoisotopic (exact) mass is 341 g/mol. The third kappa shape index (κ3) is 3.64. The van der Waals surface area contributed by atoms with Crippen LogP contribution in [0.2, 0.25) is 5.02 Å². The molecule has 0 heterocycles. The van der Waals surface area contributed by atoms with E-state index in [0.717, 1.165) is 6.26 Å². The predicted octanol–water partition coefficient (Wildman–Crippen LogP) is 3.44. The number of aryl methyl sites for hydroxylation is 1. The summed E-state index contributed by atoms with van der Waals surface area (Å²) in [6, 6.07) is 7.96. The van der Waals surface area contributed by atoms with Gasteiger partial charge in [-0.15, -0.1) is 0 Å². The molecule has 1 amide bonds. The van der Waals surface area contributed by atoms with Crippen LogP contribution in [-0.2, 0) is 9.84 Å². The van der Waals surface area contributed by atoms with Crippen LogP contribution in [-0.4, -0.2) is 20.6 Å². The summed E-state index contributed by atoms with van der Waals surface area (Å²) in [5.41, 5.74) is 1.13. The van der Waals surface area contributed by atoms with Crippen molar-refractivity contribution in [2.45, 2.75) is 11.8 Å². The first-order chi connectivity index (χ1) is 10.2. The van der Waals surface area contributed by atoms with Gasteiger partial charge in [-0.25, -0.2) is 12.8 Å². The first-order valence-corrected chi connectivity index (χ1v) is 8.52. The van der Waals surface area contributed by atoms with E-state index in [9.17, 15) is 17.6 Å². The maximum atomic E-state index is 13.2. The van der Waals surface area contributed by atoms with Crippen LogP contribution < -0.4 is 5.32 Å². The van der Waals surface area contributed by atoms with Crippen LogP contribution in [0.5, 0.6) is 0 Å². The van der Waals surface area contributed by atoms with Crippen molar-refractivity contribution in [3.05, 3.63) is 58.4 Å². The fraction of sp³-hybridized carbons (Fsp3) is 0.133. The first kappa shape index (κ1) is 16.5. The molecule has 0 atom stereocenters. The molecule has 7 heteroatoms. The fourth-order valence-electron chi connectivity index (χ4n) is 1.85. The number of rotatable bonds is 3. The van der Waals surface area contributed by atoms with Crippen LogP contribution in [0.15, 0.2) is 41.3 Å². The van der Waals surface area contributed by atoms with E-state index in [1.165, 1.54) is 36.4 Å². The molecule has 0 aliphatic rings. The highest BCUT2D eigenvalue weighted by molar-refractivity contribution is 7.90. The summed E-state index contributed by atoms with van der Waals surface area (Å²) in [6.45, 7) is 1.72. The summed E-state index contributed by atoms with van der Waals surface area (Å²) in [6.07, 6.45) is 1.01. The van der Waals surface area contributed by atoms with Gasteiger partial charge < -0.3 is 5.32 Å². The van der Waals surface area contributed by atoms with Crippen LogP contribution >= 0.6 is 11.6 Å². The molecule has 0 saturated carbocycles. The zero-order valence-electron chi connectivity index (χ0n) is 11.9. The van der Waals surface area contributed by atoms with Crippen molar-refractivity contribution in [2.24, 2.45) is 0 Å². The molecule has 0 unspecified atom stereocenters. The highest BCUT2D eigenvalue weighted by Crippen LogP contribution is 2.23. The van der Waals surface area contributed by atoms with E-state index in [0.29, 0.717) is 11.3 Å². The molecule has 116 valence electrons. The van der Waals surface area contributed by atoms with E-state index < -0.39 is 21.6 Å². The maximum absolute atomic E-state index is 13.2. The predicted molar refractivity (Wildman–Crippen MR) is 83.7 cm³/mol. The minimum atomic E-state index is -3.55. The highest BCUT2D eigenvalue weighted by Gasteiger charge is 2.16. The van der Waals surface area contributed by atoms with Gasteiger partial charge in [0.1, 0.15) is 5.82 Å². The van der Waals surface area contributed by atoms with Gasteiger partial charge in [0.2, 0.25) is 0 Å². The van der Waals surface area contributed by atoms with Crippen LogP contribution in [0.1, 0.15) is 15.9 Å². The maximum Gasteiger partial charge on any atom is 0.255 e. The van der Waals surface area contributed by atoms with Gasteiger partial charge in [0.25, 0.3) is 5.91 Å². The Labute approximate surface area is 132 Å². The lowest BCUT2D eigenvalue weighted by molar-refractivity contribution is 0.102. The number of hydrogen-bond acceptors (Lipinski definition) is 3. The molecule has 0 aliphatic heterocycles. The Hall–Kier alpha value is -1.92. The van der Waals surface area contributed by atoms with Gasteiger partial charge in [-0.05, 0) is 42.8 Å². The number of sulfone groups is 1. The van der Waals surface area contributed by atoms with E-state index in [4.69, 9.17) is 11.6 Å². The zero-order chi connectivity index (χ0) is 16.5. The molecule has 2 rings (SSSR count). The summed E-state index contributed by atoms with van der Waals surface area (Å²) < 4.78 is 36.5. The summed E-state index contributed by atoms with van der Waals surface area (Å²) in [7, 11) is -3.55. The standard InChI is InChI=1S/C15H13ClFNO3S/c1-9-3-5-11(17)8-13(9)18-15(19)10-4-6-12(16)14(7-10)22(2,20)21/h3-8H,1-2H3,(H,18,19). The number of hydrogen-bond donors (Lipinski definition) is 1. The smallest absolute Gasteiger partial charge is 0.255 e.